The first-order valence-electron chi connectivity index (χ1n) is 7.19. The summed E-state index contributed by atoms with van der Waals surface area (Å²) in [5.41, 5.74) is 0.0652. The number of rotatable bonds is 8. The van der Waals surface area contributed by atoms with Gasteiger partial charge in [-0.15, -0.1) is 0 Å². The number of aliphatic hydroxyl groups excluding tert-OH is 1. The van der Waals surface area contributed by atoms with Crippen molar-refractivity contribution in [2.75, 3.05) is 13.1 Å². The van der Waals surface area contributed by atoms with Crippen molar-refractivity contribution in [3.63, 3.8) is 0 Å². The molecule has 116 valence electrons. The predicted molar refractivity (Wildman–Crippen MR) is 74.6 cm³/mol. The maximum Gasteiger partial charge on any atom is 0.220 e. The summed E-state index contributed by atoms with van der Waals surface area (Å²) in [4.78, 5) is 11.4. The third-order valence-corrected chi connectivity index (χ3v) is 3.36. The number of nitrogens with one attached hydrogen (secondary N) is 2. The molecule has 1 amide bonds. The van der Waals surface area contributed by atoms with Gasteiger partial charge in [0, 0.05) is 30.6 Å². The van der Waals surface area contributed by atoms with Crippen molar-refractivity contribution in [3.05, 3.63) is 35.4 Å². The van der Waals surface area contributed by atoms with Crippen molar-refractivity contribution in [2.24, 2.45) is 0 Å². The third-order valence-electron chi connectivity index (χ3n) is 3.36. The van der Waals surface area contributed by atoms with Gasteiger partial charge in [-0.25, -0.2) is 8.78 Å². The van der Waals surface area contributed by atoms with E-state index >= 15 is 0 Å². The molecule has 1 aliphatic rings. The second-order valence-electron chi connectivity index (χ2n) is 5.33. The Balaban J connectivity index is 1.62. The summed E-state index contributed by atoms with van der Waals surface area (Å²) < 4.78 is 26.2. The van der Waals surface area contributed by atoms with Crippen LogP contribution in [0.4, 0.5) is 8.78 Å². The highest BCUT2D eigenvalue weighted by Crippen LogP contribution is 2.19. The van der Waals surface area contributed by atoms with E-state index in [4.69, 9.17) is 0 Å². The van der Waals surface area contributed by atoms with Crippen LogP contribution in [-0.2, 0) is 4.79 Å². The molecule has 3 N–H and O–H groups in total. The Morgan fingerprint density at radius 3 is 2.81 bits per heavy atom. The van der Waals surface area contributed by atoms with Crippen molar-refractivity contribution in [2.45, 2.75) is 37.8 Å². The molecular weight excluding hydrogens is 278 g/mol. The molecule has 2 rings (SSSR count). The van der Waals surface area contributed by atoms with Crippen LogP contribution in [0.1, 0.15) is 37.4 Å². The van der Waals surface area contributed by atoms with E-state index in [0.717, 1.165) is 25.0 Å². The molecule has 1 aliphatic carbocycles. The molecule has 0 aromatic heterocycles. The van der Waals surface area contributed by atoms with Gasteiger partial charge in [0.05, 0.1) is 6.10 Å². The summed E-state index contributed by atoms with van der Waals surface area (Å²) in [5.74, 6) is -1.38. The van der Waals surface area contributed by atoms with Gasteiger partial charge < -0.3 is 15.7 Å². The van der Waals surface area contributed by atoms with Crippen LogP contribution in [0, 0.1) is 11.6 Å². The number of aliphatic hydroxyl groups is 1. The Morgan fingerprint density at radius 2 is 2.14 bits per heavy atom. The highest BCUT2D eigenvalue weighted by molar-refractivity contribution is 5.76. The third kappa shape index (κ3) is 5.40. The summed E-state index contributed by atoms with van der Waals surface area (Å²) in [6, 6.07) is 3.47. The largest absolute Gasteiger partial charge is 0.387 e. The summed E-state index contributed by atoms with van der Waals surface area (Å²) in [6.45, 7) is 0.713. The highest BCUT2D eigenvalue weighted by Gasteiger charge is 2.22. The zero-order valence-corrected chi connectivity index (χ0v) is 11.7. The molecule has 1 fully saturated rings. The number of carbonyl (C=O) groups excluding carboxylic acids is 1. The monoisotopic (exact) mass is 298 g/mol. The molecule has 1 aromatic carbocycles. The Hall–Kier alpha value is -1.53. The maximum absolute atomic E-state index is 13.4. The molecule has 0 bridgehead atoms. The van der Waals surface area contributed by atoms with E-state index in [9.17, 15) is 18.7 Å². The minimum Gasteiger partial charge on any atom is -0.387 e. The first-order valence-corrected chi connectivity index (χ1v) is 7.19. The van der Waals surface area contributed by atoms with Gasteiger partial charge in [0.15, 0.2) is 0 Å². The summed E-state index contributed by atoms with van der Waals surface area (Å²) in [7, 11) is 0. The second kappa shape index (κ2) is 7.47. The van der Waals surface area contributed by atoms with Gasteiger partial charge in [0.25, 0.3) is 0 Å². The van der Waals surface area contributed by atoms with Gasteiger partial charge in [-0.05, 0) is 31.9 Å². The second-order valence-corrected chi connectivity index (χ2v) is 5.33. The number of benzene rings is 1. The van der Waals surface area contributed by atoms with Crippen molar-refractivity contribution < 1.29 is 18.7 Å². The fourth-order valence-corrected chi connectivity index (χ4v) is 2.02. The van der Waals surface area contributed by atoms with Gasteiger partial charge in [-0.2, -0.15) is 0 Å². The highest BCUT2D eigenvalue weighted by atomic mass is 19.1. The lowest BCUT2D eigenvalue weighted by Crippen LogP contribution is -2.27. The standard InChI is InChI=1S/C15H20F2N2O2/c16-10-3-6-12(13(17)8-10)14(20)9-18-7-1-2-15(21)19-11-4-5-11/h3,6,8,11,14,18,20H,1-2,4-5,7,9H2,(H,19,21). The molecule has 1 unspecified atom stereocenters. The van der Waals surface area contributed by atoms with Crippen LogP contribution in [0.15, 0.2) is 18.2 Å². The SMILES string of the molecule is O=C(CCCNCC(O)c1ccc(F)cc1F)NC1CC1. The van der Waals surface area contributed by atoms with Crippen molar-refractivity contribution in [1.29, 1.82) is 0 Å². The van der Waals surface area contributed by atoms with Crippen LogP contribution in [0.3, 0.4) is 0 Å². The lowest BCUT2D eigenvalue weighted by Gasteiger charge is -2.13. The smallest absolute Gasteiger partial charge is 0.220 e. The predicted octanol–water partition coefficient (Wildman–Crippen LogP) is 1.65. The Bertz CT molecular complexity index is 493. The molecule has 1 aromatic rings. The molecule has 0 aliphatic heterocycles. The van der Waals surface area contributed by atoms with Gasteiger partial charge in [0.1, 0.15) is 11.6 Å². The lowest BCUT2D eigenvalue weighted by atomic mass is 10.1. The first-order chi connectivity index (χ1) is 10.1. The van der Waals surface area contributed by atoms with E-state index in [2.05, 4.69) is 10.6 Å². The number of hydrogen-bond donors (Lipinski definition) is 3. The van der Waals surface area contributed by atoms with Crippen LogP contribution < -0.4 is 10.6 Å². The van der Waals surface area contributed by atoms with E-state index in [1.165, 1.54) is 6.07 Å². The average Bonchev–Trinajstić information content (AvgIpc) is 3.22. The molecule has 21 heavy (non-hydrogen) atoms. The summed E-state index contributed by atoms with van der Waals surface area (Å²) in [5, 5.41) is 15.7. The van der Waals surface area contributed by atoms with Crippen molar-refractivity contribution in [1.82, 2.24) is 10.6 Å². The van der Waals surface area contributed by atoms with Crippen LogP contribution >= 0.6 is 0 Å². The van der Waals surface area contributed by atoms with Gasteiger partial charge >= 0.3 is 0 Å². The van der Waals surface area contributed by atoms with E-state index in [1.54, 1.807) is 0 Å². The number of carbonyl (C=O) groups is 1. The number of hydrogen-bond acceptors (Lipinski definition) is 3. The first kappa shape index (κ1) is 15.9. The average molecular weight is 298 g/mol. The van der Waals surface area contributed by atoms with Crippen LogP contribution in [-0.4, -0.2) is 30.1 Å². The van der Waals surface area contributed by atoms with Gasteiger partial charge in [-0.1, -0.05) is 6.07 Å². The minimum absolute atomic E-state index is 0.0458. The lowest BCUT2D eigenvalue weighted by molar-refractivity contribution is -0.121. The Morgan fingerprint density at radius 1 is 1.38 bits per heavy atom. The van der Waals surface area contributed by atoms with E-state index < -0.39 is 17.7 Å². The number of amides is 1. The van der Waals surface area contributed by atoms with E-state index in [0.29, 0.717) is 25.4 Å². The molecular formula is C15H20F2N2O2. The topological polar surface area (TPSA) is 61.4 Å². The maximum atomic E-state index is 13.4. The fourth-order valence-electron chi connectivity index (χ4n) is 2.02. The van der Waals surface area contributed by atoms with E-state index in [1.807, 2.05) is 0 Å². The van der Waals surface area contributed by atoms with E-state index in [-0.39, 0.29) is 18.0 Å². The molecule has 4 nitrogen and oxygen atoms in total. The normalized spacial score (nSPS) is 15.8. The number of halogens is 2. The minimum atomic E-state index is -1.04. The molecule has 0 spiro atoms. The fraction of sp³-hybridized carbons (Fsp3) is 0.533. The van der Waals surface area contributed by atoms with Crippen molar-refractivity contribution >= 4 is 5.91 Å². The zero-order chi connectivity index (χ0) is 15.2. The summed E-state index contributed by atoms with van der Waals surface area (Å²) >= 11 is 0. The molecule has 0 radical (unpaired) electrons. The zero-order valence-electron chi connectivity index (χ0n) is 11.7. The van der Waals surface area contributed by atoms with Gasteiger partial charge in [-0.3, -0.25) is 4.79 Å². The van der Waals surface area contributed by atoms with Crippen LogP contribution in [0.2, 0.25) is 0 Å². The van der Waals surface area contributed by atoms with Gasteiger partial charge in [0.2, 0.25) is 5.91 Å². The Kier molecular flexibility index (Phi) is 5.64. The molecule has 0 saturated heterocycles. The molecule has 0 heterocycles. The van der Waals surface area contributed by atoms with Crippen LogP contribution in [0.25, 0.3) is 0 Å². The Labute approximate surface area is 122 Å². The summed E-state index contributed by atoms with van der Waals surface area (Å²) in [6.07, 6.45) is 2.19. The van der Waals surface area contributed by atoms with Crippen LogP contribution in [0.5, 0.6) is 0 Å². The molecule has 1 saturated carbocycles. The molecule has 6 heteroatoms. The quantitative estimate of drug-likeness (QED) is 0.640. The van der Waals surface area contributed by atoms with Crippen molar-refractivity contribution in [3.8, 4) is 0 Å². The molecule has 1 atom stereocenters.